The van der Waals surface area contributed by atoms with Gasteiger partial charge in [0.2, 0.25) is 0 Å². The lowest BCUT2D eigenvalue weighted by Crippen LogP contribution is -2.30. The molecule has 1 unspecified atom stereocenters. The van der Waals surface area contributed by atoms with E-state index in [1.807, 2.05) is 12.1 Å². The highest BCUT2D eigenvalue weighted by molar-refractivity contribution is 5.98. The molecular weight excluding hydrogens is 368 g/mol. The summed E-state index contributed by atoms with van der Waals surface area (Å²) in [5.41, 5.74) is 6.54. The first-order valence-electron chi connectivity index (χ1n) is 9.83. The highest BCUT2D eigenvalue weighted by Gasteiger charge is 2.10. The fraction of sp³-hybridized carbons (Fsp3) is 0.304. The van der Waals surface area contributed by atoms with Crippen LogP contribution in [-0.2, 0) is 16.0 Å². The number of unbranched alkanes of at least 4 members (excludes halogenated alkanes) is 1. The number of nitrogens with one attached hydrogen (secondary N) is 1. The minimum Gasteiger partial charge on any atom is -0.480 e. The highest BCUT2D eigenvalue weighted by Crippen LogP contribution is 2.23. The Labute approximate surface area is 169 Å². The number of nitrogens with two attached hydrogens (primary N) is 1. The second-order valence-electron chi connectivity index (χ2n) is 7.13. The molecular formula is C23H26N2O4. The number of carbonyl (C=O) groups excluding carboxylic acids is 1. The van der Waals surface area contributed by atoms with Crippen molar-refractivity contribution in [3.8, 4) is 0 Å². The molecule has 152 valence electrons. The van der Waals surface area contributed by atoms with E-state index in [9.17, 15) is 9.59 Å². The van der Waals surface area contributed by atoms with E-state index in [0.29, 0.717) is 38.8 Å². The summed E-state index contributed by atoms with van der Waals surface area (Å²) >= 11 is 0. The number of fused-ring (bicyclic) bond motifs is 2. The predicted octanol–water partition coefficient (Wildman–Crippen LogP) is 3.84. The van der Waals surface area contributed by atoms with E-state index in [0.717, 1.165) is 5.56 Å². The molecule has 3 aromatic carbocycles. The zero-order chi connectivity index (χ0) is 20.6. The maximum absolute atomic E-state index is 11.7. The molecule has 3 rings (SSSR count). The lowest BCUT2D eigenvalue weighted by molar-refractivity contribution is -0.138. The SMILES string of the molecule is NC(CCCCNC(=O)OCCc1ccc2cc3ccccc3cc2c1)C(=O)O. The average Bonchev–Trinajstić information content (AvgIpc) is 2.71. The van der Waals surface area contributed by atoms with Crippen molar-refractivity contribution >= 4 is 33.6 Å². The second-order valence-corrected chi connectivity index (χ2v) is 7.13. The summed E-state index contributed by atoms with van der Waals surface area (Å²) in [7, 11) is 0. The molecule has 1 amide bonds. The van der Waals surface area contributed by atoms with Crippen LogP contribution >= 0.6 is 0 Å². The molecule has 0 saturated carbocycles. The van der Waals surface area contributed by atoms with Crippen molar-refractivity contribution in [2.75, 3.05) is 13.2 Å². The van der Waals surface area contributed by atoms with Crippen LogP contribution in [-0.4, -0.2) is 36.4 Å². The van der Waals surface area contributed by atoms with Crippen LogP contribution in [0.2, 0.25) is 0 Å². The summed E-state index contributed by atoms with van der Waals surface area (Å²) in [6.45, 7) is 0.739. The van der Waals surface area contributed by atoms with Crippen molar-refractivity contribution in [2.45, 2.75) is 31.7 Å². The molecule has 1 atom stereocenters. The van der Waals surface area contributed by atoms with Gasteiger partial charge in [0.25, 0.3) is 0 Å². The second kappa shape index (κ2) is 9.89. The van der Waals surface area contributed by atoms with E-state index in [1.54, 1.807) is 0 Å². The van der Waals surface area contributed by atoms with Gasteiger partial charge in [-0.15, -0.1) is 0 Å². The number of carbonyl (C=O) groups is 2. The lowest BCUT2D eigenvalue weighted by Gasteiger charge is -2.09. The molecule has 0 heterocycles. The van der Waals surface area contributed by atoms with E-state index in [-0.39, 0.29) is 0 Å². The molecule has 0 saturated heterocycles. The molecule has 29 heavy (non-hydrogen) atoms. The van der Waals surface area contributed by atoms with Gasteiger partial charge in [0.05, 0.1) is 6.61 Å². The predicted molar refractivity (Wildman–Crippen MR) is 114 cm³/mol. The lowest BCUT2D eigenvalue weighted by atomic mass is 10.0. The third-order valence-corrected chi connectivity index (χ3v) is 4.92. The number of ether oxygens (including phenoxy) is 1. The number of amides is 1. The zero-order valence-electron chi connectivity index (χ0n) is 16.3. The number of hydrogen-bond donors (Lipinski definition) is 3. The van der Waals surface area contributed by atoms with Gasteiger partial charge in [-0.05, 0) is 58.5 Å². The monoisotopic (exact) mass is 394 g/mol. The number of aliphatic carboxylic acids is 1. The van der Waals surface area contributed by atoms with Crippen LogP contribution in [0.25, 0.3) is 21.5 Å². The number of carboxylic acids is 1. The van der Waals surface area contributed by atoms with Gasteiger partial charge < -0.3 is 20.9 Å². The van der Waals surface area contributed by atoms with Crippen LogP contribution < -0.4 is 11.1 Å². The van der Waals surface area contributed by atoms with Crippen molar-refractivity contribution < 1.29 is 19.4 Å². The molecule has 0 radical (unpaired) electrons. The molecule has 0 aliphatic heterocycles. The molecule has 0 aliphatic rings. The molecule has 0 bridgehead atoms. The fourth-order valence-corrected chi connectivity index (χ4v) is 3.26. The Hall–Kier alpha value is -3.12. The van der Waals surface area contributed by atoms with Gasteiger partial charge in [0, 0.05) is 13.0 Å². The van der Waals surface area contributed by atoms with Gasteiger partial charge in [-0.3, -0.25) is 4.79 Å². The third-order valence-electron chi connectivity index (χ3n) is 4.92. The van der Waals surface area contributed by atoms with Crippen molar-refractivity contribution in [3.05, 3.63) is 60.2 Å². The van der Waals surface area contributed by atoms with Crippen molar-refractivity contribution in [1.29, 1.82) is 0 Å². The zero-order valence-corrected chi connectivity index (χ0v) is 16.3. The first-order valence-corrected chi connectivity index (χ1v) is 9.83. The largest absolute Gasteiger partial charge is 0.480 e. The quantitative estimate of drug-likeness (QED) is 0.378. The van der Waals surface area contributed by atoms with E-state index < -0.39 is 18.1 Å². The summed E-state index contributed by atoms with van der Waals surface area (Å²) in [5.74, 6) is -1.00. The van der Waals surface area contributed by atoms with Crippen LogP contribution in [0.1, 0.15) is 24.8 Å². The normalized spacial score (nSPS) is 12.0. The maximum atomic E-state index is 11.7. The summed E-state index contributed by atoms with van der Waals surface area (Å²) < 4.78 is 5.23. The Bertz CT molecular complexity index is 1000. The van der Waals surface area contributed by atoms with Crippen molar-refractivity contribution in [3.63, 3.8) is 0 Å². The minimum atomic E-state index is -1.00. The van der Waals surface area contributed by atoms with Crippen LogP contribution in [0.15, 0.2) is 54.6 Å². The minimum absolute atomic E-state index is 0.300. The number of benzene rings is 3. The van der Waals surface area contributed by atoms with E-state index in [1.165, 1.54) is 21.5 Å². The van der Waals surface area contributed by atoms with Crippen LogP contribution in [0.4, 0.5) is 4.79 Å². The first-order chi connectivity index (χ1) is 14.0. The number of alkyl carbamates (subject to hydrolysis) is 1. The molecule has 3 aromatic rings. The Morgan fingerprint density at radius 2 is 1.66 bits per heavy atom. The standard InChI is InChI=1S/C23H26N2O4/c24-21(22(26)27)7-3-4-11-25-23(28)29-12-10-16-8-9-19-14-17-5-1-2-6-18(17)15-20(19)13-16/h1-2,5-6,8-9,13-15,21H,3-4,7,10-12,24H2,(H,25,28)(H,26,27). The number of carboxylic acid groups (broad SMARTS) is 1. The maximum Gasteiger partial charge on any atom is 0.407 e. The summed E-state index contributed by atoms with van der Waals surface area (Å²) in [5, 5.41) is 16.2. The van der Waals surface area contributed by atoms with Gasteiger partial charge in [-0.2, -0.15) is 0 Å². The molecule has 6 heteroatoms. The van der Waals surface area contributed by atoms with Crippen molar-refractivity contribution in [2.24, 2.45) is 5.73 Å². The van der Waals surface area contributed by atoms with Gasteiger partial charge in [0.1, 0.15) is 6.04 Å². The number of hydrogen-bond acceptors (Lipinski definition) is 4. The molecule has 0 fully saturated rings. The summed E-state index contributed by atoms with van der Waals surface area (Å²) in [6, 6.07) is 18.1. The van der Waals surface area contributed by atoms with Gasteiger partial charge in [-0.1, -0.05) is 42.5 Å². The Morgan fingerprint density at radius 1 is 0.966 bits per heavy atom. The fourth-order valence-electron chi connectivity index (χ4n) is 3.26. The number of rotatable bonds is 9. The van der Waals surface area contributed by atoms with Gasteiger partial charge in [-0.25, -0.2) is 4.79 Å². The van der Waals surface area contributed by atoms with Crippen LogP contribution in [0, 0.1) is 0 Å². The van der Waals surface area contributed by atoms with E-state index in [4.69, 9.17) is 15.6 Å². The Morgan fingerprint density at radius 3 is 2.38 bits per heavy atom. The summed E-state index contributed by atoms with van der Waals surface area (Å²) in [6.07, 6.45) is 1.88. The molecule has 0 aliphatic carbocycles. The Balaban J connectivity index is 1.41. The molecule has 0 aromatic heterocycles. The highest BCUT2D eigenvalue weighted by atomic mass is 16.5. The summed E-state index contributed by atoms with van der Waals surface area (Å²) in [4.78, 5) is 22.4. The Kier molecular flexibility index (Phi) is 7.03. The van der Waals surface area contributed by atoms with Crippen LogP contribution in [0.5, 0.6) is 0 Å². The van der Waals surface area contributed by atoms with Gasteiger partial charge in [0.15, 0.2) is 0 Å². The average molecular weight is 394 g/mol. The van der Waals surface area contributed by atoms with Crippen molar-refractivity contribution in [1.82, 2.24) is 5.32 Å². The van der Waals surface area contributed by atoms with Gasteiger partial charge >= 0.3 is 12.1 Å². The molecule has 6 nitrogen and oxygen atoms in total. The third kappa shape index (κ3) is 5.93. The van der Waals surface area contributed by atoms with Crippen LogP contribution in [0.3, 0.4) is 0 Å². The smallest absolute Gasteiger partial charge is 0.407 e. The first kappa shape index (κ1) is 20.6. The van der Waals surface area contributed by atoms with E-state index in [2.05, 4.69) is 47.8 Å². The van der Waals surface area contributed by atoms with E-state index >= 15 is 0 Å². The molecule has 4 N–H and O–H groups in total. The molecule has 0 spiro atoms. The topological polar surface area (TPSA) is 102 Å².